The molecule has 0 radical (unpaired) electrons. The molecule has 0 amide bonds. The molecule has 2 aromatic rings. The van der Waals surface area contributed by atoms with Gasteiger partial charge in [0, 0.05) is 0 Å². The maximum Gasteiger partial charge on any atom is 0.205 e. The van der Waals surface area contributed by atoms with E-state index in [0.717, 1.165) is 5.56 Å². The van der Waals surface area contributed by atoms with Crippen LogP contribution in [0.1, 0.15) is 11.1 Å². The zero-order valence-corrected chi connectivity index (χ0v) is 9.58. The van der Waals surface area contributed by atoms with Gasteiger partial charge in [-0.1, -0.05) is 12.1 Å². The molecule has 1 aliphatic heterocycles. The lowest BCUT2D eigenvalue weighted by atomic mass is 10.1. The van der Waals surface area contributed by atoms with Crippen LogP contribution >= 0.6 is 0 Å². The number of aryl methyl sites for hydroxylation is 2. The van der Waals surface area contributed by atoms with Gasteiger partial charge in [-0.25, -0.2) is 4.39 Å². The Bertz CT molecular complexity index is 605. The van der Waals surface area contributed by atoms with Crippen LogP contribution in [0.3, 0.4) is 0 Å². The normalized spacial score (nSPS) is 12.2. The molecule has 0 saturated carbocycles. The highest BCUT2D eigenvalue weighted by Gasteiger charge is 2.22. The summed E-state index contributed by atoms with van der Waals surface area (Å²) in [7, 11) is 0. The minimum absolute atomic E-state index is 0.170. The summed E-state index contributed by atoms with van der Waals surface area (Å²) in [5.74, 6) is 1.40. The van der Waals surface area contributed by atoms with Gasteiger partial charge in [-0.2, -0.15) is 0 Å². The van der Waals surface area contributed by atoms with E-state index in [1.807, 2.05) is 25.1 Å². The molecule has 0 saturated heterocycles. The molecule has 3 heteroatoms. The fourth-order valence-electron chi connectivity index (χ4n) is 1.82. The van der Waals surface area contributed by atoms with E-state index in [9.17, 15) is 4.39 Å². The summed E-state index contributed by atoms with van der Waals surface area (Å²) < 4.78 is 25.0. The SMILES string of the molecule is Cc1ccc2c(c1)Oc1c(ccc(C)c1F)O2. The van der Waals surface area contributed by atoms with Crippen molar-refractivity contribution in [2.45, 2.75) is 13.8 Å². The van der Waals surface area contributed by atoms with Crippen LogP contribution in [0, 0.1) is 19.7 Å². The molecule has 0 aromatic heterocycles. The third kappa shape index (κ3) is 1.55. The van der Waals surface area contributed by atoms with Crippen molar-refractivity contribution in [1.82, 2.24) is 0 Å². The second-order valence-corrected chi connectivity index (χ2v) is 4.18. The minimum atomic E-state index is -0.366. The molecule has 1 aliphatic rings. The van der Waals surface area contributed by atoms with Gasteiger partial charge in [0.15, 0.2) is 23.1 Å². The molecule has 0 fully saturated rings. The van der Waals surface area contributed by atoms with Gasteiger partial charge in [0.2, 0.25) is 5.75 Å². The Labute approximate surface area is 98.6 Å². The van der Waals surface area contributed by atoms with Crippen molar-refractivity contribution in [2.24, 2.45) is 0 Å². The standard InChI is InChI=1S/C14H11FO2/c1-8-3-5-10-12(7-8)17-14-11(16-10)6-4-9(2)13(14)15/h3-7H,1-2H3. The van der Waals surface area contributed by atoms with E-state index in [-0.39, 0.29) is 11.6 Å². The van der Waals surface area contributed by atoms with Crippen molar-refractivity contribution in [3.05, 3.63) is 47.3 Å². The summed E-state index contributed by atoms with van der Waals surface area (Å²) in [6.45, 7) is 3.65. The van der Waals surface area contributed by atoms with Crippen LogP contribution in [-0.4, -0.2) is 0 Å². The quantitative estimate of drug-likeness (QED) is 0.572. The van der Waals surface area contributed by atoms with Crippen LogP contribution < -0.4 is 9.47 Å². The molecule has 0 spiro atoms. The summed E-state index contributed by atoms with van der Waals surface area (Å²) in [4.78, 5) is 0. The first-order chi connectivity index (χ1) is 8.15. The summed E-state index contributed by atoms with van der Waals surface area (Å²) in [6, 6.07) is 8.98. The number of ether oxygens (including phenoxy) is 2. The highest BCUT2D eigenvalue weighted by atomic mass is 19.1. The Morgan fingerprint density at radius 3 is 2.47 bits per heavy atom. The average molecular weight is 230 g/mol. The topological polar surface area (TPSA) is 18.5 Å². The monoisotopic (exact) mass is 230 g/mol. The first-order valence-corrected chi connectivity index (χ1v) is 5.40. The van der Waals surface area contributed by atoms with Gasteiger partial charge in [0.25, 0.3) is 0 Å². The molecule has 0 unspecified atom stereocenters. The predicted octanol–water partition coefficient (Wildman–Crippen LogP) is 4.34. The van der Waals surface area contributed by atoms with Crippen LogP contribution in [0.25, 0.3) is 0 Å². The first-order valence-electron chi connectivity index (χ1n) is 5.40. The van der Waals surface area contributed by atoms with Crippen LogP contribution in [0.15, 0.2) is 30.3 Å². The third-order valence-electron chi connectivity index (χ3n) is 2.79. The molecular weight excluding hydrogens is 219 g/mol. The lowest BCUT2D eigenvalue weighted by molar-refractivity contribution is 0.341. The zero-order valence-electron chi connectivity index (χ0n) is 9.58. The van der Waals surface area contributed by atoms with Crippen molar-refractivity contribution < 1.29 is 13.9 Å². The Morgan fingerprint density at radius 2 is 1.65 bits per heavy atom. The van der Waals surface area contributed by atoms with Crippen molar-refractivity contribution in [3.63, 3.8) is 0 Å². The molecular formula is C14H11FO2. The minimum Gasteiger partial charge on any atom is -0.449 e. The van der Waals surface area contributed by atoms with E-state index in [0.29, 0.717) is 22.8 Å². The Balaban J connectivity index is 2.14. The van der Waals surface area contributed by atoms with Gasteiger partial charge >= 0.3 is 0 Å². The number of hydrogen-bond donors (Lipinski definition) is 0. The zero-order chi connectivity index (χ0) is 12.0. The highest BCUT2D eigenvalue weighted by molar-refractivity contribution is 5.56. The number of fused-ring (bicyclic) bond motifs is 2. The average Bonchev–Trinajstić information content (AvgIpc) is 2.32. The summed E-state index contributed by atoms with van der Waals surface area (Å²) in [5.41, 5.74) is 1.59. The molecule has 2 aromatic carbocycles. The second-order valence-electron chi connectivity index (χ2n) is 4.18. The van der Waals surface area contributed by atoms with Gasteiger partial charge in [-0.3, -0.25) is 0 Å². The van der Waals surface area contributed by atoms with E-state index in [2.05, 4.69) is 0 Å². The Kier molecular flexibility index (Phi) is 2.08. The molecule has 0 N–H and O–H groups in total. The largest absolute Gasteiger partial charge is 0.449 e. The Morgan fingerprint density at radius 1 is 0.882 bits per heavy atom. The van der Waals surface area contributed by atoms with Crippen molar-refractivity contribution in [3.8, 4) is 23.0 Å². The van der Waals surface area contributed by atoms with Gasteiger partial charge in [0.05, 0.1) is 0 Å². The van der Waals surface area contributed by atoms with E-state index >= 15 is 0 Å². The maximum atomic E-state index is 13.9. The molecule has 17 heavy (non-hydrogen) atoms. The fraction of sp³-hybridized carbons (Fsp3) is 0.143. The van der Waals surface area contributed by atoms with E-state index in [1.165, 1.54) is 0 Å². The molecule has 86 valence electrons. The second kappa shape index (κ2) is 3.48. The number of benzene rings is 2. The van der Waals surface area contributed by atoms with Crippen LogP contribution in [-0.2, 0) is 0 Å². The van der Waals surface area contributed by atoms with Gasteiger partial charge in [0.1, 0.15) is 0 Å². The van der Waals surface area contributed by atoms with Gasteiger partial charge < -0.3 is 9.47 Å². The molecule has 3 rings (SSSR count). The van der Waals surface area contributed by atoms with Crippen LogP contribution in [0.2, 0.25) is 0 Å². The molecule has 2 nitrogen and oxygen atoms in total. The predicted molar refractivity (Wildman–Crippen MR) is 62.5 cm³/mol. The van der Waals surface area contributed by atoms with Crippen LogP contribution in [0.4, 0.5) is 4.39 Å². The van der Waals surface area contributed by atoms with Gasteiger partial charge in [-0.15, -0.1) is 0 Å². The molecule has 0 aliphatic carbocycles. The molecule has 0 bridgehead atoms. The lowest BCUT2D eigenvalue weighted by Gasteiger charge is -2.21. The van der Waals surface area contributed by atoms with Crippen LogP contribution in [0.5, 0.6) is 23.0 Å². The fourth-order valence-corrected chi connectivity index (χ4v) is 1.82. The van der Waals surface area contributed by atoms with Crippen molar-refractivity contribution in [1.29, 1.82) is 0 Å². The lowest BCUT2D eigenvalue weighted by Crippen LogP contribution is -2.02. The summed E-state index contributed by atoms with van der Waals surface area (Å²) in [6.07, 6.45) is 0. The van der Waals surface area contributed by atoms with E-state index in [4.69, 9.17) is 9.47 Å². The third-order valence-corrected chi connectivity index (χ3v) is 2.79. The first kappa shape index (κ1) is 10.1. The summed E-state index contributed by atoms with van der Waals surface area (Å²) in [5, 5.41) is 0. The van der Waals surface area contributed by atoms with E-state index in [1.54, 1.807) is 19.1 Å². The van der Waals surface area contributed by atoms with Gasteiger partial charge in [-0.05, 0) is 43.2 Å². The summed E-state index contributed by atoms with van der Waals surface area (Å²) >= 11 is 0. The van der Waals surface area contributed by atoms with Crippen molar-refractivity contribution >= 4 is 0 Å². The maximum absolute atomic E-state index is 13.9. The number of rotatable bonds is 0. The van der Waals surface area contributed by atoms with E-state index < -0.39 is 0 Å². The number of hydrogen-bond acceptors (Lipinski definition) is 2. The molecule has 1 heterocycles. The number of halogens is 1. The van der Waals surface area contributed by atoms with Crippen molar-refractivity contribution in [2.75, 3.05) is 0 Å². The molecule has 0 atom stereocenters. The Hall–Kier alpha value is -2.03. The smallest absolute Gasteiger partial charge is 0.205 e. The highest BCUT2D eigenvalue weighted by Crippen LogP contribution is 2.47.